The van der Waals surface area contributed by atoms with Crippen LogP contribution in [0.25, 0.3) is 0 Å². The van der Waals surface area contributed by atoms with Crippen LogP contribution in [-0.2, 0) is 9.53 Å². The van der Waals surface area contributed by atoms with Gasteiger partial charge in [0, 0.05) is 5.56 Å². The van der Waals surface area contributed by atoms with Crippen LogP contribution in [0.2, 0.25) is 0 Å². The molecule has 0 aliphatic carbocycles. The first kappa shape index (κ1) is 11.3. The van der Waals surface area contributed by atoms with E-state index in [1.54, 1.807) is 6.08 Å². The van der Waals surface area contributed by atoms with Gasteiger partial charge in [-0.25, -0.2) is 9.79 Å². The SMILES string of the molecule is CC(C)=C/C=C1\N=C(c2ccccc2)OC1=O. The first-order valence-electron chi connectivity index (χ1n) is 5.38. The molecule has 0 unspecified atom stereocenters. The highest BCUT2D eigenvalue weighted by molar-refractivity contribution is 6.11. The number of esters is 1. The molecule has 0 spiro atoms. The summed E-state index contributed by atoms with van der Waals surface area (Å²) in [5.74, 6) is -0.0367. The van der Waals surface area contributed by atoms with E-state index in [0.717, 1.165) is 11.1 Å². The van der Waals surface area contributed by atoms with Gasteiger partial charge in [-0.3, -0.25) is 0 Å². The van der Waals surface area contributed by atoms with Crippen LogP contribution < -0.4 is 0 Å². The number of cyclic esters (lactones) is 1. The van der Waals surface area contributed by atoms with Gasteiger partial charge < -0.3 is 4.74 Å². The molecule has 0 radical (unpaired) electrons. The van der Waals surface area contributed by atoms with Crippen molar-refractivity contribution in [2.75, 3.05) is 0 Å². The first-order chi connectivity index (χ1) is 8.16. The van der Waals surface area contributed by atoms with Gasteiger partial charge in [-0.05, 0) is 32.1 Å². The van der Waals surface area contributed by atoms with E-state index in [1.165, 1.54) is 0 Å². The zero-order valence-electron chi connectivity index (χ0n) is 9.81. The van der Waals surface area contributed by atoms with Gasteiger partial charge in [0.05, 0.1) is 0 Å². The highest BCUT2D eigenvalue weighted by Crippen LogP contribution is 2.16. The summed E-state index contributed by atoms with van der Waals surface area (Å²) in [5.41, 5.74) is 2.25. The van der Waals surface area contributed by atoms with Gasteiger partial charge in [0.25, 0.3) is 0 Å². The Morgan fingerprint density at radius 2 is 1.94 bits per heavy atom. The zero-order valence-corrected chi connectivity index (χ0v) is 9.81. The molecule has 0 saturated carbocycles. The molecule has 1 aliphatic heterocycles. The summed E-state index contributed by atoms with van der Waals surface area (Å²) in [7, 11) is 0. The van der Waals surface area contributed by atoms with Crippen LogP contribution in [0.1, 0.15) is 19.4 Å². The normalized spacial score (nSPS) is 16.7. The Kier molecular flexibility index (Phi) is 3.19. The fourth-order valence-corrected chi connectivity index (χ4v) is 1.37. The van der Waals surface area contributed by atoms with Crippen molar-refractivity contribution in [1.82, 2.24) is 0 Å². The molecule has 1 aliphatic rings. The van der Waals surface area contributed by atoms with Crippen molar-refractivity contribution >= 4 is 11.9 Å². The van der Waals surface area contributed by atoms with Crippen LogP contribution in [0, 0.1) is 0 Å². The predicted molar refractivity (Wildman–Crippen MR) is 66.6 cm³/mol. The molecule has 0 N–H and O–H groups in total. The second-order valence-electron chi connectivity index (χ2n) is 3.97. The van der Waals surface area contributed by atoms with E-state index < -0.39 is 5.97 Å². The van der Waals surface area contributed by atoms with Crippen molar-refractivity contribution in [2.45, 2.75) is 13.8 Å². The maximum atomic E-state index is 11.5. The topological polar surface area (TPSA) is 38.7 Å². The average Bonchev–Trinajstić information content (AvgIpc) is 2.69. The summed E-state index contributed by atoms with van der Waals surface area (Å²) in [6, 6.07) is 9.37. The van der Waals surface area contributed by atoms with E-state index >= 15 is 0 Å². The van der Waals surface area contributed by atoms with Gasteiger partial charge in [0.2, 0.25) is 5.90 Å². The third-order valence-electron chi connectivity index (χ3n) is 2.22. The third kappa shape index (κ3) is 2.69. The summed E-state index contributed by atoms with van der Waals surface area (Å²) in [4.78, 5) is 15.7. The number of hydrogen-bond donors (Lipinski definition) is 0. The van der Waals surface area contributed by atoms with Crippen molar-refractivity contribution in [3.05, 3.63) is 59.3 Å². The van der Waals surface area contributed by atoms with Gasteiger partial charge in [0.15, 0.2) is 5.70 Å². The highest BCUT2D eigenvalue weighted by Gasteiger charge is 2.23. The summed E-state index contributed by atoms with van der Waals surface area (Å²) in [5, 5.41) is 0. The zero-order chi connectivity index (χ0) is 12.3. The Labute approximate surface area is 100 Å². The smallest absolute Gasteiger partial charge is 0.363 e. The Hall–Kier alpha value is -2.16. The molecule has 0 bridgehead atoms. The number of carbonyl (C=O) groups is 1. The molecular formula is C14H13NO2. The second kappa shape index (κ2) is 4.78. The molecule has 0 fully saturated rings. The lowest BCUT2D eigenvalue weighted by atomic mass is 10.2. The minimum Gasteiger partial charge on any atom is -0.402 e. The standard InChI is InChI=1S/C14H13NO2/c1-10(2)8-9-12-14(16)17-13(15-12)11-6-4-3-5-7-11/h3-9H,1-2H3/b12-9-. The molecule has 0 saturated heterocycles. The van der Waals surface area contributed by atoms with Gasteiger partial charge in [-0.2, -0.15) is 0 Å². The molecule has 1 aromatic rings. The predicted octanol–water partition coefficient (Wildman–Crippen LogP) is 2.84. The number of hydrogen-bond acceptors (Lipinski definition) is 3. The van der Waals surface area contributed by atoms with E-state index in [9.17, 15) is 4.79 Å². The van der Waals surface area contributed by atoms with Crippen LogP contribution in [0.4, 0.5) is 0 Å². The number of nitrogens with zero attached hydrogens (tertiary/aromatic N) is 1. The largest absolute Gasteiger partial charge is 0.402 e. The van der Waals surface area contributed by atoms with E-state index in [0.29, 0.717) is 11.6 Å². The van der Waals surface area contributed by atoms with Crippen LogP contribution in [-0.4, -0.2) is 11.9 Å². The lowest BCUT2D eigenvalue weighted by Crippen LogP contribution is -2.04. The molecule has 0 aromatic heterocycles. The number of carbonyl (C=O) groups excluding carboxylic acids is 1. The van der Waals surface area contributed by atoms with Crippen molar-refractivity contribution in [2.24, 2.45) is 4.99 Å². The summed E-state index contributed by atoms with van der Waals surface area (Å²) < 4.78 is 5.11. The lowest BCUT2D eigenvalue weighted by molar-refractivity contribution is -0.130. The molecule has 1 heterocycles. The average molecular weight is 227 g/mol. The third-order valence-corrected chi connectivity index (χ3v) is 2.22. The molecule has 3 heteroatoms. The number of allylic oxidation sites excluding steroid dienone is 3. The monoisotopic (exact) mass is 227 g/mol. The summed E-state index contributed by atoms with van der Waals surface area (Å²) >= 11 is 0. The quantitative estimate of drug-likeness (QED) is 0.575. The Bertz CT molecular complexity index is 520. The van der Waals surface area contributed by atoms with E-state index in [2.05, 4.69) is 4.99 Å². The number of aliphatic imine (C=N–C) groups is 1. The Morgan fingerprint density at radius 3 is 2.59 bits per heavy atom. The Morgan fingerprint density at radius 1 is 1.24 bits per heavy atom. The van der Waals surface area contributed by atoms with Crippen molar-refractivity contribution in [1.29, 1.82) is 0 Å². The van der Waals surface area contributed by atoms with Crippen molar-refractivity contribution in [3.8, 4) is 0 Å². The molecule has 0 atom stereocenters. The van der Waals surface area contributed by atoms with E-state index in [-0.39, 0.29) is 0 Å². The highest BCUT2D eigenvalue weighted by atomic mass is 16.6. The minimum atomic E-state index is -0.402. The van der Waals surface area contributed by atoms with Crippen LogP contribution in [0.5, 0.6) is 0 Å². The number of benzene rings is 1. The van der Waals surface area contributed by atoms with Gasteiger partial charge in [0.1, 0.15) is 0 Å². The maximum Gasteiger partial charge on any atom is 0.363 e. The summed E-state index contributed by atoms with van der Waals surface area (Å²) in [6.07, 6.45) is 3.52. The molecule has 3 nitrogen and oxygen atoms in total. The van der Waals surface area contributed by atoms with Crippen molar-refractivity contribution < 1.29 is 9.53 Å². The molecule has 1 aromatic carbocycles. The molecular weight excluding hydrogens is 214 g/mol. The molecule has 86 valence electrons. The molecule has 2 rings (SSSR count). The van der Waals surface area contributed by atoms with Gasteiger partial charge >= 0.3 is 5.97 Å². The first-order valence-corrected chi connectivity index (χ1v) is 5.38. The second-order valence-corrected chi connectivity index (χ2v) is 3.97. The lowest BCUT2D eigenvalue weighted by Gasteiger charge is -1.97. The fraction of sp³-hybridized carbons (Fsp3) is 0.143. The Balaban J connectivity index is 2.29. The van der Waals surface area contributed by atoms with Gasteiger partial charge in [-0.15, -0.1) is 0 Å². The van der Waals surface area contributed by atoms with Gasteiger partial charge in [-0.1, -0.05) is 29.8 Å². The molecule has 17 heavy (non-hydrogen) atoms. The van der Waals surface area contributed by atoms with Crippen LogP contribution in [0.3, 0.4) is 0 Å². The van der Waals surface area contributed by atoms with Crippen LogP contribution in [0.15, 0.2) is 58.7 Å². The minimum absolute atomic E-state index is 0.338. The maximum absolute atomic E-state index is 11.5. The van der Waals surface area contributed by atoms with E-state index in [1.807, 2.05) is 50.3 Å². The van der Waals surface area contributed by atoms with Crippen molar-refractivity contribution in [3.63, 3.8) is 0 Å². The van der Waals surface area contributed by atoms with Crippen LogP contribution >= 0.6 is 0 Å². The van der Waals surface area contributed by atoms with E-state index in [4.69, 9.17) is 4.74 Å². The summed E-state index contributed by atoms with van der Waals surface area (Å²) in [6.45, 7) is 3.92. The fourth-order valence-electron chi connectivity index (χ4n) is 1.37. The number of rotatable bonds is 2. The number of ether oxygens (including phenoxy) is 1. The molecule has 0 amide bonds.